The van der Waals surface area contributed by atoms with E-state index >= 15 is 0 Å². The molecule has 0 radical (unpaired) electrons. The third-order valence-electron chi connectivity index (χ3n) is 4.73. The van der Waals surface area contributed by atoms with E-state index in [2.05, 4.69) is 19.8 Å². The van der Waals surface area contributed by atoms with Gasteiger partial charge in [0.1, 0.15) is 4.90 Å². The third kappa shape index (κ3) is 3.96. The van der Waals surface area contributed by atoms with E-state index in [4.69, 9.17) is 0 Å². The number of nitrogens with zero attached hydrogens (tertiary/aromatic N) is 3. The number of H-pyrrole nitrogens is 1. The smallest absolute Gasteiger partial charge is 0.244 e. The van der Waals surface area contributed by atoms with Crippen LogP contribution in [0.5, 0.6) is 0 Å². The molecule has 24 heavy (non-hydrogen) atoms. The second-order valence-electron chi connectivity index (χ2n) is 6.66. The Labute approximate surface area is 143 Å². The van der Waals surface area contributed by atoms with Crippen LogP contribution in [0, 0.1) is 13.8 Å². The first kappa shape index (κ1) is 18.9. The monoisotopic (exact) mass is 357 g/mol. The van der Waals surface area contributed by atoms with Crippen LogP contribution in [0.25, 0.3) is 0 Å². The molecular weight excluding hydrogens is 330 g/mol. The van der Waals surface area contributed by atoms with Gasteiger partial charge >= 0.3 is 0 Å². The Hall–Kier alpha value is -1.45. The lowest BCUT2D eigenvalue weighted by molar-refractivity contribution is -0.129. The quantitative estimate of drug-likeness (QED) is 0.760. The summed E-state index contributed by atoms with van der Waals surface area (Å²) < 4.78 is 27.7. The van der Waals surface area contributed by atoms with Crippen LogP contribution in [-0.4, -0.2) is 74.1 Å². The van der Waals surface area contributed by atoms with Crippen LogP contribution in [0.1, 0.15) is 30.7 Å². The molecule has 0 spiro atoms. The number of amides is 1. The maximum Gasteiger partial charge on any atom is 0.244 e. The minimum atomic E-state index is -3.59. The number of sulfonamides is 1. The Morgan fingerprint density at radius 1 is 1.33 bits per heavy atom. The van der Waals surface area contributed by atoms with Crippen LogP contribution >= 0.6 is 0 Å². The summed E-state index contributed by atoms with van der Waals surface area (Å²) in [5.41, 5.74) is 1.00. The average Bonchev–Trinajstić information content (AvgIpc) is 3.01. The number of hydrogen-bond acceptors (Lipinski definition) is 5. The molecule has 1 aliphatic heterocycles. The standard InChI is InChI=1S/C15H27N5O3S/c1-10-15(11(2)18-17-10)24(22,23)16-9-13-7-6-12(20(13)5)8-14(21)19(3)4/h12-13,16H,6-9H2,1-5H3,(H,17,18)/t12-,13+/m1/s1. The van der Waals surface area contributed by atoms with Crippen molar-refractivity contribution in [2.75, 3.05) is 27.7 Å². The van der Waals surface area contributed by atoms with Gasteiger partial charge in [-0.05, 0) is 33.7 Å². The first-order valence-electron chi connectivity index (χ1n) is 8.06. The highest BCUT2D eigenvalue weighted by molar-refractivity contribution is 7.89. The van der Waals surface area contributed by atoms with Crippen molar-refractivity contribution in [2.24, 2.45) is 0 Å². The predicted molar refractivity (Wildman–Crippen MR) is 91.1 cm³/mol. The molecule has 0 unspecified atom stereocenters. The zero-order valence-corrected chi connectivity index (χ0v) is 15.8. The first-order valence-corrected chi connectivity index (χ1v) is 9.55. The molecule has 0 bridgehead atoms. The normalized spacial score (nSPS) is 22.0. The second-order valence-corrected chi connectivity index (χ2v) is 8.36. The van der Waals surface area contributed by atoms with Gasteiger partial charge in [0.15, 0.2) is 0 Å². The number of aromatic nitrogens is 2. The Morgan fingerprint density at radius 3 is 2.50 bits per heavy atom. The number of likely N-dealkylation sites (N-methyl/N-ethyl adjacent to an activating group) is 1. The number of hydrogen-bond donors (Lipinski definition) is 2. The summed E-state index contributed by atoms with van der Waals surface area (Å²) in [5, 5.41) is 6.64. The van der Waals surface area contributed by atoms with Gasteiger partial charge in [-0.1, -0.05) is 0 Å². The van der Waals surface area contributed by atoms with Gasteiger partial charge < -0.3 is 4.90 Å². The lowest BCUT2D eigenvalue weighted by atomic mass is 10.1. The predicted octanol–water partition coefficient (Wildman–Crippen LogP) is 0.246. The van der Waals surface area contributed by atoms with Crippen molar-refractivity contribution in [3.05, 3.63) is 11.4 Å². The van der Waals surface area contributed by atoms with Crippen LogP contribution in [0.4, 0.5) is 0 Å². The van der Waals surface area contributed by atoms with Gasteiger partial charge in [0.2, 0.25) is 15.9 Å². The first-order chi connectivity index (χ1) is 11.1. The Balaban J connectivity index is 1.97. The van der Waals surface area contributed by atoms with Gasteiger partial charge in [0, 0.05) is 39.1 Å². The molecule has 1 aromatic heterocycles. The largest absolute Gasteiger partial charge is 0.349 e. The van der Waals surface area contributed by atoms with E-state index in [9.17, 15) is 13.2 Å². The maximum atomic E-state index is 12.5. The van der Waals surface area contributed by atoms with Gasteiger partial charge in [0.05, 0.1) is 11.4 Å². The fourth-order valence-corrected chi connectivity index (χ4v) is 4.62. The van der Waals surface area contributed by atoms with E-state index in [1.165, 1.54) is 0 Å². The second kappa shape index (κ2) is 7.20. The molecule has 1 saturated heterocycles. The minimum absolute atomic E-state index is 0.0900. The van der Waals surface area contributed by atoms with Crippen molar-refractivity contribution in [1.29, 1.82) is 0 Å². The number of nitrogens with one attached hydrogen (secondary N) is 2. The van der Waals surface area contributed by atoms with Crippen LogP contribution in [0.3, 0.4) is 0 Å². The van der Waals surface area contributed by atoms with Crippen LogP contribution in [-0.2, 0) is 14.8 Å². The molecule has 0 aliphatic carbocycles. The Morgan fingerprint density at radius 2 is 1.96 bits per heavy atom. The lowest BCUT2D eigenvalue weighted by Crippen LogP contribution is -2.42. The molecule has 1 amide bonds. The van der Waals surface area contributed by atoms with Crippen molar-refractivity contribution in [3.8, 4) is 0 Å². The van der Waals surface area contributed by atoms with Crippen molar-refractivity contribution >= 4 is 15.9 Å². The highest BCUT2D eigenvalue weighted by Gasteiger charge is 2.33. The van der Waals surface area contributed by atoms with Gasteiger partial charge in [-0.25, -0.2) is 13.1 Å². The summed E-state index contributed by atoms with van der Waals surface area (Å²) >= 11 is 0. The molecule has 1 aromatic rings. The topological polar surface area (TPSA) is 98.4 Å². The summed E-state index contributed by atoms with van der Waals surface area (Å²) in [5.74, 6) is 0.0951. The number of carbonyl (C=O) groups excluding carboxylic acids is 1. The van der Waals surface area contributed by atoms with E-state index in [-0.39, 0.29) is 22.9 Å². The summed E-state index contributed by atoms with van der Waals surface area (Å²) in [6.45, 7) is 3.69. The Bertz CT molecular complexity index is 678. The van der Waals surface area contributed by atoms with E-state index in [0.717, 1.165) is 12.8 Å². The van der Waals surface area contributed by atoms with Crippen LogP contribution < -0.4 is 4.72 Å². The minimum Gasteiger partial charge on any atom is -0.349 e. The highest BCUT2D eigenvalue weighted by atomic mass is 32.2. The van der Waals surface area contributed by atoms with Gasteiger partial charge in [-0.2, -0.15) is 5.10 Å². The van der Waals surface area contributed by atoms with Crippen LogP contribution in [0.2, 0.25) is 0 Å². The van der Waals surface area contributed by atoms with Crippen molar-refractivity contribution in [1.82, 2.24) is 24.7 Å². The number of aryl methyl sites for hydroxylation is 2. The third-order valence-corrected chi connectivity index (χ3v) is 6.42. The molecule has 2 rings (SSSR count). The summed E-state index contributed by atoms with van der Waals surface area (Å²) in [6, 6.07) is 0.249. The van der Waals surface area contributed by atoms with E-state index < -0.39 is 10.0 Å². The van der Waals surface area contributed by atoms with E-state index in [0.29, 0.717) is 24.4 Å². The Kier molecular flexibility index (Phi) is 5.67. The van der Waals surface area contributed by atoms with Gasteiger partial charge in [-0.15, -0.1) is 0 Å². The fourth-order valence-electron chi connectivity index (χ4n) is 3.18. The highest BCUT2D eigenvalue weighted by Crippen LogP contribution is 2.25. The number of carbonyl (C=O) groups is 1. The van der Waals surface area contributed by atoms with Crippen molar-refractivity contribution < 1.29 is 13.2 Å². The molecule has 1 fully saturated rings. The van der Waals surface area contributed by atoms with Crippen molar-refractivity contribution in [3.63, 3.8) is 0 Å². The zero-order valence-electron chi connectivity index (χ0n) is 15.0. The SMILES string of the molecule is Cc1n[nH]c(C)c1S(=O)(=O)NC[C@@H]1CC[C@H](CC(=O)N(C)C)N1C. The molecule has 9 heteroatoms. The van der Waals surface area contributed by atoms with Crippen molar-refractivity contribution in [2.45, 2.75) is 50.1 Å². The average molecular weight is 357 g/mol. The number of aromatic amines is 1. The van der Waals surface area contributed by atoms with E-state index in [1.54, 1.807) is 32.8 Å². The number of likely N-dealkylation sites (tertiary alicyclic amines) is 1. The summed E-state index contributed by atoms with van der Waals surface area (Å²) in [6.07, 6.45) is 2.23. The zero-order chi connectivity index (χ0) is 18.1. The molecule has 1 aliphatic rings. The molecule has 2 heterocycles. The number of rotatable bonds is 6. The van der Waals surface area contributed by atoms with Crippen LogP contribution in [0.15, 0.2) is 4.90 Å². The molecule has 0 aromatic carbocycles. The lowest BCUT2D eigenvalue weighted by Gasteiger charge is -2.26. The summed E-state index contributed by atoms with van der Waals surface area (Å²) in [4.78, 5) is 15.8. The van der Waals surface area contributed by atoms with E-state index in [1.807, 2.05) is 7.05 Å². The molecule has 136 valence electrons. The van der Waals surface area contributed by atoms with Gasteiger partial charge in [0.25, 0.3) is 0 Å². The molecule has 2 N–H and O–H groups in total. The maximum absolute atomic E-state index is 12.5. The van der Waals surface area contributed by atoms with Gasteiger partial charge in [-0.3, -0.25) is 14.8 Å². The fraction of sp³-hybridized carbons (Fsp3) is 0.733. The molecule has 8 nitrogen and oxygen atoms in total. The molecule has 2 atom stereocenters. The summed E-state index contributed by atoms with van der Waals surface area (Å²) in [7, 11) is 1.86. The molecular formula is C15H27N5O3S. The molecule has 0 saturated carbocycles.